The summed E-state index contributed by atoms with van der Waals surface area (Å²) in [6.45, 7) is 6.97. The molecule has 0 aliphatic carbocycles. The summed E-state index contributed by atoms with van der Waals surface area (Å²) in [4.78, 5) is 22.8. The van der Waals surface area contributed by atoms with E-state index in [-0.39, 0.29) is 17.5 Å². The van der Waals surface area contributed by atoms with Crippen molar-refractivity contribution in [3.05, 3.63) is 35.4 Å². The summed E-state index contributed by atoms with van der Waals surface area (Å²) in [5, 5.41) is 13.2. The first-order valence-electron chi connectivity index (χ1n) is 7.92. The van der Waals surface area contributed by atoms with Gasteiger partial charge in [0.25, 0.3) is 0 Å². The van der Waals surface area contributed by atoms with Crippen LogP contribution in [0.2, 0.25) is 0 Å². The maximum Gasteiger partial charge on any atom is 0.416 e. The van der Waals surface area contributed by atoms with Crippen molar-refractivity contribution in [1.82, 2.24) is 10.6 Å². The van der Waals surface area contributed by atoms with Crippen LogP contribution in [0.15, 0.2) is 24.3 Å². The number of amides is 2. The number of benzene rings is 1. The van der Waals surface area contributed by atoms with E-state index in [1.165, 1.54) is 12.1 Å². The van der Waals surface area contributed by atoms with Crippen molar-refractivity contribution in [2.24, 2.45) is 5.41 Å². The second-order valence-corrected chi connectivity index (χ2v) is 6.92. The molecule has 0 spiro atoms. The molecule has 0 heterocycles. The van der Waals surface area contributed by atoms with Crippen LogP contribution in [0, 0.1) is 5.41 Å². The lowest BCUT2D eigenvalue weighted by molar-refractivity contribution is -0.137. The van der Waals surface area contributed by atoms with Gasteiger partial charge in [-0.15, -0.1) is 0 Å². The number of alkyl halides is 3. The summed E-state index contributed by atoms with van der Waals surface area (Å²) in [7, 11) is 0. The van der Waals surface area contributed by atoms with Crippen LogP contribution < -0.4 is 10.6 Å². The van der Waals surface area contributed by atoms with Gasteiger partial charge in [-0.1, -0.05) is 32.9 Å². The van der Waals surface area contributed by atoms with E-state index in [0.717, 1.165) is 12.1 Å². The molecule has 0 bridgehead atoms. The Hall–Kier alpha value is -2.45. The first kappa shape index (κ1) is 21.6. The molecule has 2 unspecified atom stereocenters. The molecular formula is C17H23F3N2O4. The molecule has 0 aromatic heterocycles. The Morgan fingerprint density at radius 3 is 2.35 bits per heavy atom. The van der Waals surface area contributed by atoms with Gasteiger partial charge in [-0.2, -0.15) is 13.2 Å². The maximum absolute atomic E-state index is 12.9. The summed E-state index contributed by atoms with van der Waals surface area (Å²) in [6, 6.07) is 3.30. The number of carboxylic acid groups (broad SMARTS) is 1. The van der Waals surface area contributed by atoms with Gasteiger partial charge < -0.3 is 20.5 Å². The van der Waals surface area contributed by atoms with Crippen molar-refractivity contribution in [2.45, 2.75) is 46.0 Å². The highest BCUT2D eigenvalue weighted by Crippen LogP contribution is 2.31. The van der Waals surface area contributed by atoms with Crippen LogP contribution in [-0.2, 0) is 10.9 Å². The molecule has 0 saturated heterocycles. The number of ether oxygens (including phenoxy) is 1. The molecule has 1 aromatic rings. The molecule has 3 N–H and O–H groups in total. The number of carbonyl (C=O) groups is 2. The first-order valence-corrected chi connectivity index (χ1v) is 7.92. The van der Waals surface area contributed by atoms with Crippen LogP contribution in [0.5, 0.6) is 0 Å². The standard InChI is InChI=1S/C17H23F3N2O4/c1-10(16(2,3)4)26-15(25)22-13(9-21-14(23)24)11-6-5-7-12(8-11)17(18,19)20/h5-8,10,13,21H,9H2,1-4H3,(H,22,25)(H,23,24). The quantitative estimate of drug-likeness (QED) is 0.720. The van der Waals surface area contributed by atoms with Crippen LogP contribution in [-0.4, -0.2) is 29.9 Å². The van der Waals surface area contributed by atoms with E-state index in [9.17, 15) is 22.8 Å². The molecule has 146 valence electrons. The molecule has 1 aromatic carbocycles. The minimum atomic E-state index is -4.55. The van der Waals surface area contributed by atoms with Crippen LogP contribution >= 0.6 is 0 Å². The molecular weight excluding hydrogens is 353 g/mol. The van der Waals surface area contributed by atoms with Crippen molar-refractivity contribution in [3.63, 3.8) is 0 Å². The van der Waals surface area contributed by atoms with Crippen LogP contribution in [0.1, 0.15) is 44.9 Å². The average molecular weight is 376 g/mol. The molecule has 0 radical (unpaired) electrons. The highest BCUT2D eigenvalue weighted by atomic mass is 19.4. The third-order valence-corrected chi connectivity index (χ3v) is 3.87. The summed E-state index contributed by atoms with van der Waals surface area (Å²) in [5.74, 6) is 0. The van der Waals surface area contributed by atoms with Gasteiger partial charge in [0, 0.05) is 6.54 Å². The summed E-state index contributed by atoms with van der Waals surface area (Å²) in [6.07, 6.45) is -7.22. The monoisotopic (exact) mass is 376 g/mol. The van der Waals surface area contributed by atoms with E-state index in [0.29, 0.717) is 0 Å². The molecule has 0 saturated carbocycles. The fourth-order valence-corrected chi connectivity index (χ4v) is 1.89. The SMILES string of the molecule is CC(OC(=O)NC(CNC(=O)O)c1cccc(C(F)(F)F)c1)C(C)(C)C. The molecule has 2 atom stereocenters. The Morgan fingerprint density at radius 1 is 1.23 bits per heavy atom. The van der Waals surface area contributed by atoms with Crippen molar-refractivity contribution < 1.29 is 32.6 Å². The maximum atomic E-state index is 12.9. The number of rotatable bonds is 5. The van der Waals surface area contributed by atoms with E-state index in [1.54, 1.807) is 6.92 Å². The van der Waals surface area contributed by atoms with Crippen molar-refractivity contribution in [3.8, 4) is 0 Å². The fourth-order valence-electron chi connectivity index (χ4n) is 1.89. The lowest BCUT2D eigenvalue weighted by atomic mass is 9.90. The predicted molar refractivity (Wildman–Crippen MR) is 88.7 cm³/mol. The second-order valence-electron chi connectivity index (χ2n) is 6.92. The van der Waals surface area contributed by atoms with Gasteiger partial charge in [0.1, 0.15) is 6.10 Å². The lowest BCUT2D eigenvalue weighted by Crippen LogP contribution is -2.40. The van der Waals surface area contributed by atoms with Gasteiger partial charge in [0.2, 0.25) is 0 Å². The summed E-state index contributed by atoms with van der Waals surface area (Å²) in [5.41, 5.74) is -1.12. The largest absolute Gasteiger partial charge is 0.465 e. The smallest absolute Gasteiger partial charge is 0.416 e. The summed E-state index contributed by atoms with van der Waals surface area (Å²) >= 11 is 0. The van der Waals surface area contributed by atoms with Gasteiger partial charge in [0.15, 0.2) is 0 Å². The Bertz CT molecular complexity index is 642. The minimum absolute atomic E-state index is 0.105. The molecule has 0 aliphatic rings. The predicted octanol–water partition coefficient (Wildman–Crippen LogP) is 4.17. The summed E-state index contributed by atoms with van der Waals surface area (Å²) < 4.78 is 43.9. The number of alkyl carbamates (subject to hydrolysis) is 1. The van der Waals surface area contributed by atoms with Crippen molar-refractivity contribution in [1.29, 1.82) is 0 Å². The van der Waals surface area contributed by atoms with E-state index >= 15 is 0 Å². The zero-order chi connectivity index (χ0) is 20.1. The van der Waals surface area contributed by atoms with Crippen LogP contribution in [0.4, 0.5) is 22.8 Å². The third-order valence-electron chi connectivity index (χ3n) is 3.87. The van der Waals surface area contributed by atoms with Crippen molar-refractivity contribution >= 4 is 12.2 Å². The fraction of sp³-hybridized carbons (Fsp3) is 0.529. The third kappa shape index (κ3) is 6.81. The Morgan fingerprint density at radius 2 is 1.85 bits per heavy atom. The van der Waals surface area contributed by atoms with E-state index in [2.05, 4.69) is 10.6 Å². The Balaban J connectivity index is 2.98. The zero-order valence-corrected chi connectivity index (χ0v) is 15.0. The molecule has 26 heavy (non-hydrogen) atoms. The van der Waals surface area contributed by atoms with Gasteiger partial charge in [-0.3, -0.25) is 0 Å². The number of carbonyl (C=O) groups excluding carboxylic acids is 1. The van der Waals surface area contributed by atoms with Gasteiger partial charge in [-0.25, -0.2) is 9.59 Å². The van der Waals surface area contributed by atoms with Crippen LogP contribution in [0.25, 0.3) is 0 Å². The topological polar surface area (TPSA) is 87.7 Å². The lowest BCUT2D eigenvalue weighted by Gasteiger charge is -2.28. The first-order chi connectivity index (χ1) is 11.8. The highest BCUT2D eigenvalue weighted by molar-refractivity contribution is 5.69. The number of halogens is 3. The Kier molecular flexibility index (Phi) is 6.88. The van der Waals surface area contributed by atoms with Gasteiger partial charge in [-0.05, 0) is 30.0 Å². The highest BCUT2D eigenvalue weighted by Gasteiger charge is 2.31. The molecule has 1 rings (SSSR count). The van der Waals surface area contributed by atoms with Gasteiger partial charge >= 0.3 is 18.4 Å². The molecule has 0 aliphatic heterocycles. The average Bonchev–Trinajstić information content (AvgIpc) is 2.49. The number of nitrogens with one attached hydrogen (secondary N) is 2. The zero-order valence-electron chi connectivity index (χ0n) is 15.0. The van der Waals surface area contributed by atoms with E-state index < -0.39 is 36.1 Å². The second kappa shape index (κ2) is 8.29. The van der Waals surface area contributed by atoms with E-state index in [1.807, 2.05) is 20.8 Å². The van der Waals surface area contributed by atoms with Crippen molar-refractivity contribution in [2.75, 3.05) is 6.54 Å². The molecule has 6 nitrogen and oxygen atoms in total. The number of hydrogen-bond acceptors (Lipinski definition) is 3. The van der Waals surface area contributed by atoms with Gasteiger partial charge in [0.05, 0.1) is 11.6 Å². The Labute approximate surface area is 149 Å². The van der Waals surface area contributed by atoms with E-state index in [4.69, 9.17) is 9.84 Å². The molecule has 2 amide bonds. The van der Waals surface area contributed by atoms with Crippen LogP contribution in [0.3, 0.4) is 0 Å². The molecule has 0 fully saturated rings. The molecule has 9 heteroatoms. The number of hydrogen-bond donors (Lipinski definition) is 3. The minimum Gasteiger partial charge on any atom is -0.465 e. The normalized spacial score (nSPS) is 14.3.